The van der Waals surface area contributed by atoms with Gasteiger partial charge in [0, 0.05) is 0 Å². The molecule has 2 rings (SSSR count). The molecule has 0 radical (unpaired) electrons. The predicted molar refractivity (Wildman–Crippen MR) is 87.9 cm³/mol. The molecule has 23 heavy (non-hydrogen) atoms. The summed E-state index contributed by atoms with van der Waals surface area (Å²) in [7, 11) is 0. The van der Waals surface area contributed by atoms with Crippen LogP contribution in [0.5, 0.6) is 0 Å². The van der Waals surface area contributed by atoms with Gasteiger partial charge in [-0.15, -0.1) is 0 Å². The van der Waals surface area contributed by atoms with Gasteiger partial charge in [0.1, 0.15) is 0 Å². The van der Waals surface area contributed by atoms with E-state index in [2.05, 4.69) is 0 Å². The molecule has 0 saturated heterocycles. The molecule has 118 valence electrons. The number of benzene rings is 2. The maximum absolute atomic E-state index is 12.4. The van der Waals surface area contributed by atoms with E-state index in [1.54, 1.807) is 55.5 Å². The quantitative estimate of drug-likeness (QED) is 0.597. The second-order valence-corrected chi connectivity index (χ2v) is 7.10. The number of carbonyl (C=O) groups excluding carboxylic acids is 2. The Hall–Kier alpha value is -2.23. The number of rotatable bonds is 7. The van der Waals surface area contributed by atoms with Crippen LogP contribution in [-0.4, -0.2) is 36.5 Å². The summed E-state index contributed by atoms with van der Waals surface area (Å²) in [6, 6.07) is 15.9. The number of carboxylic acids is 1. The van der Waals surface area contributed by atoms with Crippen molar-refractivity contribution in [2.24, 2.45) is 0 Å². The van der Waals surface area contributed by atoms with Gasteiger partial charge in [0.05, 0.1) is 0 Å². The standard InChI is InChI=1S/C18H16O4Se/c1-12(18(22)23-11-16(19)20)14-8-5-9-15(10-14)17(21)13-6-3-2-4-7-13/h2-10,12H,11H2,1H3,(H,19,20). The third kappa shape index (κ3) is 4.62. The number of hydrogen-bond acceptors (Lipinski definition) is 3. The van der Waals surface area contributed by atoms with Gasteiger partial charge in [-0.25, -0.2) is 0 Å². The fourth-order valence-corrected chi connectivity index (χ4v) is 3.47. The van der Waals surface area contributed by atoms with Gasteiger partial charge in [0.2, 0.25) is 0 Å². The van der Waals surface area contributed by atoms with Crippen molar-refractivity contribution in [1.29, 1.82) is 0 Å². The van der Waals surface area contributed by atoms with Gasteiger partial charge in [-0.1, -0.05) is 0 Å². The van der Waals surface area contributed by atoms with Crippen LogP contribution in [0.25, 0.3) is 0 Å². The van der Waals surface area contributed by atoms with E-state index < -0.39 is 26.8 Å². The molecule has 0 spiro atoms. The molecule has 0 bridgehead atoms. The van der Waals surface area contributed by atoms with Crippen LogP contribution < -0.4 is 0 Å². The topological polar surface area (TPSA) is 71.4 Å². The first kappa shape index (κ1) is 17.1. The molecule has 4 nitrogen and oxygen atoms in total. The van der Waals surface area contributed by atoms with Crippen molar-refractivity contribution < 1.29 is 19.5 Å². The van der Waals surface area contributed by atoms with Gasteiger partial charge in [-0.3, -0.25) is 0 Å². The zero-order valence-electron chi connectivity index (χ0n) is 12.6. The Morgan fingerprint density at radius 2 is 1.65 bits per heavy atom. The Morgan fingerprint density at radius 1 is 1.00 bits per heavy atom. The number of ketones is 1. The van der Waals surface area contributed by atoms with Crippen molar-refractivity contribution in [3.63, 3.8) is 0 Å². The zero-order valence-corrected chi connectivity index (χ0v) is 14.3. The molecular formula is C18H16O4Se. The van der Waals surface area contributed by atoms with Crippen LogP contribution in [0.2, 0.25) is 5.32 Å². The normalized spacial score (nSPS) is 11.7. The first-order chi connectivity index (χ1) is 11.0. The van der Waals surface area contributed by atoms with Gasteiger partial charge in [-0.05, 0) is 0 Å². The number of carboxylic acid groups (broad SMARTS) is 1. The van der Waals surface area contributed by atoms with E-state index in [1.807, 2.05) is 6.07 Å². The molecule has 2 aromatic rings. The fourth-order valence-electron chi connectivity index (χ4n) is 2.10. The zero-order chi connectivity index (χ0) is 16.8. The first-order valence-electron chi connectivity index (χ1n) is 7.07. The molecule has 1 N–H and O–H groups in total. The summed E-state index contributed by atoms with van der Waals surface area (Å²) in [6.45, 7) is 1.75. The van der Waals surface area contributed by atoms with Gasteiger partial charge in [0.15, 0.2) is 0 Å². The Morgan fingerprint density at radius 3 is 2.30 bits per heavy atom. The van der Waals surface area contributed by atoms with Crippen LogP contribution in [0, 0.1) is 0 Å². The molecule has 1 atom stereocenters. The fraction of sp³-hybridized carbons (Fsp3) is 0.167. The van der Waals surface area contributed by atoms with E-state index in [9.17, 15) is 14.4 Å². The van der Waals surface area contributed by atoms with Gasteiger partial charge < -0.3 is 0 Å². The van der Waals surface area contributed by atoms with E-state index in [-0.39, 0.29) is 15.8 Å². The molecule has 0 aromatic heterocycles. The molecular weight excluding hydrogens is 359 g/mol. The minimum atomic E-state index is -0.960. The third-order valence-corrected chi connectivity index (χ3v) is 5.54. The summed E-state index contributed by atoms with van der Waals surface area (Å²) in [5.41, 5.74) is 1.86. The average Bonchev–Trinajstić information content (AvgIpc) is 2.59. The monoisotopic (exact) mass is 376 g/mol. The maximum atomic E-state index is 12.4. The molecule has 2 aromatic carbocycles. The third-order valence-electron chi connectivity index (χ3n) is 3.38. The Bertz CT molecular complexity index is 725. The number of aliphatic carboxylic acids is 1. The number of hydrogen-bond donors (Lipinski definition) is 1. The second kappa shape index (κ2) is 7.86. The van der Waals surface area contributed by atoms with E-state index in [4.69, 9.17) is 5.11 Å². The van der Waals surface area contributed by atoms with Crippen LogP contribution in [0.1, 0.15) is 34.3 Å². The van der Waals surface area contributed by atoms with Crippen molar-refractivity contribution in [1.82, 2.24) is 0 Å². The molecule has 1 unspecified atom stereocenters. The van der Waals surface area contributed by atoms with Crippen LogP contribution in [0.4, 0.5) is 0 Å². The Kier molecular flexibility index (Phi) is 5.85. The summed E-state index contributed by atoms with van der Waals surface area (Å²) in [6.07, 6.45) is 0. The molecule has 0 saturated carbocycles. The van der Waals surface area contributed by atoms with Gasteiger partial charge >= 0.3 is 140 Å². The van der Waals surface area contributed by atoms with Crippen molar-refractivity contribution in [2.45, 2.75) is 18.2 Å². The summed E-state index contributed by atoms with van der Waals surface area (Å²) >= 11 is -0.593. The van der Waals surface area contributed by atoms with Crippen LogP contribution in [0.3, 0.4) is 0 Å². The van der Waals surface area contributed by atoms with E-state index in [1.165, 1.54) is 0 Å². The summed E-state index contributed by atoms with van der Waals surface area (Å²) in [4.78, 5) is 35.1. The van der Waals surface area contributed by atoms with Crippen molar-refractivity contribution in [2.75, 3.05) is 0 Å². The molecule has 0 aliphatic heterocycles. The van der Waals surface area contributed by atoms with Crippen LogP contribution in [0.15, 0.2) is 54.6 Å². The van der Waals surface area contributed by atoms with Gasteiger partial charge in [0.25, 0.3) is 0 Å². The number of carbonyl (C=O) groups is 3. The van der Waals surface area contributed by atoms with Crippen LogP contribution >= 0.6 is 0 Å². The Labute approximate surface area is 140 Å². The second-order valence-electron chi connectivity index (χ2n) is 5.04. The predicted octanol–water partition coefficient (Wildman–Crippen LogP) is 2.75. The molecule has 0 amide bonds. The van der Waals surface area contributed by atoms with Crippen molar-refractivity contribution in [3.05, 3.63) is 71.3 Å². The first-order valence-corrected chi connectivity index (χ1v) is 9.14. The van der Waals surface area contributed by atoms with Gasteiger partial charge in [-0.2, -0.15) is 0 Å². The van der Waals surface area contributed by atoms with Crippen molar-refractivity contribution in [3.8, 4) is 0 Å². The molecule has 5 heteroatoms. The Balaban J connectivity index is 2.18. The summed E-state index contributed by atoms with van der Waals surface area (Å²) in [5, 5.41) is 8.56. The molecule has 0 aliphatic carbocycles. The SMILES string of the molecule is CC(C(=O)[Se]CC(=O)O)c1cccc(C(=O)c2ccccc2)c1. The summed E-state index contributed by atoms with van der Waals surface area (Å²) in [5.74, 6) is -1.46. The summed E-state index contributed by atoms with van der Waals surface area (Å²) < 4.78 is -0.0794. The van der Waals surface area contributed by atoms with Crippen molar-refractivity contribution >= 4 is 31.4 Å². The van der Waals surface area contributed by atoms with E-state index in [0.29, 0.717) is 11.1 Å². The van der Waals surface area contributed by atoms with E-state index >= 15 is 0 Å². The van der Waals surface area contributed by atoms with E-state index in [0.717, 1.165) is 5.56 Å². The molecule has 0 aliphatic rings. The minimum absolute atomic E-state index is 0.0794. The molecule has 0 fully saturated rings. The van der Waals surface area contributed by atoms with Crippen LogP contribution in [-0.2, 0) is 9.59 Å². The molecule has 0 heterocycles. The average molecular weight is 375 g/mol.